The average molecular weight is 236 g/mol. The van der Waals surface area contributed by atoms with Crippen LogP contribution in [0.3, 0.4) is 0 Å². The number of nitrogens with zero attached hydrogens (tertiary/aromatic N) is 3. The second kappa shape index (κ2) is 7.22. The molecular formula is C13H24N4. The molecule has 1 heterocycles. The zero-order valence-electron chi connectivity index (χ0n) is 11.4. The highest BCUT2D eigenvalue weighted by atomic mass is 15.2. The number of nitrogens with one attached hydrogen (secondary N) is 1. The second-order valence-electron chi connectivity index (χ2n) is 4.58. The number of anilines is 1. The van der Waals surface area contributed by atoms with Crippen molar-refractivity contribution < 1.29 is 0 Å². The van der Waals surface area contributed by atoms with E-state index in [9.17, 15) is 0 Å². The molecular weight excluding hydrogens is 212 g/mol. The summed E-state index contributed by atoms with van der Waals surface area (Å²) in [5, 5.41) is 3.24. The molecule has 0 atom stereocenters. The van der Waals surface area contributed by atoms with Crippen LogP contribution in [0, 0.1) is 5.92 Å². The fourth-order valence-electron chi connectivity index (χ4n) is 1.68. The molecule has 0 unspecified atom stereocenters. The zero-order valence-corrected chi connectivity index (χ0v) is 11.4. The highest BCUT2D eigenvalue weighted by Crippen LogP contribution is 2.11. The van der Waals surface area contributed by atoms with Crippen molar-refractivity contribution in [2.45, 2.75) is 34.2 Å². The molecule has 0 saturated carbocycles. The number of aromatic nitrogens is 2. The van der Waals surface area contributed by atoms with Crippen LogP contribution in [-0.2, 0) is 6.54 Å². The van der Waals surface area contributed by atoms with E-state index in [1.54, 1.807) is 0 Å². The summed E-state index contributed by atoms with van der Waals surface area (Å²) < 4.78 is 0. The van der Waals surface area contributed by atoms with Gasteiger partial charge in [-0.15, -0.1) is 0 Å². The normalized spacial score (nSPS) is 10.9. The van der Waals surface area contributed by atoms with Crippen LogP contribution in [0.15, 0.2) is 12.4 Å². The van der Waals surface area contributed by atoms with Crippen molar-refractivity contribution in [2.24, 2.45) is 5.92 Å². The van der Waals surface area contributed by atoms with Gasteiger partial charge < -0.3 is 10.2 Å². The molecule has 1 aromatic rings. The van der Waals surface area contributed by atoms with Crippen LogP contribution in [0.2, 0.25) is 0 Å². The van der Waals surface area contributed by atoms with Gasteiger partial charge in [-0.05, 0) is 19.4 Å². The molecule has 96 valence electrons. The molecule has 17 heavy (non-hydrogen) atoms. The monoisotopic (exact) mass is 236 g/mol. The minimum absolute atomic E-state index is 0.637. The first-order valence-electron chi connectivity index (χ1n) is 6.43. The van der Waals surface area contributed by atoms with Gasteiger partial charge in [-0.25, -0.2) is 4.98 Å². The van der Waals surface area contributed by atoms with Crippen molar-refractivity contribution >= 4 is 5.82 Å². The topological polar surface area (TPSA) is 41.1 Å². The van der Waals surface area contributed by atoms with Gasteiger partial charge in [0.15, 0.2) is 0 Å². The molecule has 0 fully saturated rings. The summed E-state index contributed by atoms with van der Waals surface area (Å²) in [7, 11) is 0. The molecule has 4 nitrogen and oxygen atoms in total. The fourth-order valence-corrected chi connectivity index (χ4v) is 1.68. The van der Waals surface area contributed by atoms with Crippen LogP contribution in [0.4, 0.5) is 5.82 Å². The predicted octanol–water partition coefficient (Wildman–Crippen LogP) is 2.07. The summed E-state index contributed by atoms with van der Waals surface area (Å²) in [6.07, 6.45) is 3.74. The molecule has 0 aromatic carbocycles. The van der Waals surface area contributed by atoms with Gasteiger partial charge >= 0.3 is 0 Å². The minimum atomic E-state index is 0.637. The largest absolute Gasteiger partial charge is 0.355 e. The quantitative estimate of drug-likeness (QED) is 0.787. The van der Waals surface area contributed by atoms with Gasteiger partial charge in [0, 0.05) is 19.6 Å². The van der Waals surface area contributed by atoms with Crippen molar-refractivity contribution in [3.05, 3.63) is 18.1 Å². The lowest BCUT2D eigenvalue weighted by Crippen LogP contribution is -2.28. The Morgan fingerprint density at radius 2 is 2.00 bits per heavy atom. The Balaban J connectivity index is 2.64. The molecule has 0 aliphatic rings. The summed E-state index contributed by atoms with van der Waals surface area (Å²) in [4.78, 5) is 11.2. The number of hydrogen-bond acceptors (Lipinski definition) is 4. The van der Waals surface area contributed by atoms with Crippen LogP contribution < -0.4 is 10.2 Å². The zero-order chi connectivity index (χ0) is 12.7. The van der Waals surface area contributed by atoms with Gasteiger partial charge in [0.05, 0.1) is 18.1 Å². The van der Waals surface area contributed by atoms with Crippen LogP contribution in [-0.4, -0.2) is 29.6 Å². The smallest absolute Gasteiger partial charge is 0.147 e. The van der Waals surface area contributed by atoms with Crippen LogP contribution in [0.25, 0.3) is 0 Å². The summed E-state index contributed by atoms with van der Waals surface area (Å²) in [6, 6.07) is 0. The summed E-state index contributed by atoms with van der Waals surface area (Å²) >= 11 is 0. The first kappa shape index (κ1) is 13.9. The number of rotatable bonds is 7. The van der Waals surface area contributed by atoms with Crippen molar-refractivity contribution in [1.82, 2.24) is 15.3 Å². The van der Waals surface area contributed by atoms with Gasteiger partial charge in [0.25, 0.3) is 0 Å². The minimum Gasteiger partial charge on any atom is -0.355 e. The molecule has 0 aliphatic carbocycles. The standard InChI is InChI=1S/C13H24N4/c1-5-14-7-12-8-16-13(9-15-12)17(6-2)10-11(3)4/h8-9,11,14H,5-7,10H2,1-4H3. The fraction of sp³-hybridized carbons (Fsp3) is 0.692. The molecule has 4 heteroatoms. The maximum Gasteiger partial charge on any atom is 0.147 e. The highest BCUT2D eigenvalue weighted by molar-refractivity contribution is 5.35. The third-order valence-corrected chi connectivity index (χ3v) is 2.54. The summed E-state index contributed by atoms with van der Waals surface area (Å²) in [6.45, 7) is 12.4. The lowest BCUT2D eigenvalue weighted by Gasteiger charge is -2.23. The van der Waals surface area contributed by atoms with Crippen molar-refractivity contribution in [2.75, 3.05) is 24.5 Å². The Hall–Kier alpha value is -1.16. The Morgan fingerprint density at radius 3 is 2.47 bits per heavy atom. The van der Waals surface area contributed by atoms with E-state index in [2.05, 4.69) is 47.9 Å². The van der Waals surface area contributed by atoms with E-state index in [0.717, 1.165) is 37.7 Å². The third kappa shape index (κ3) is 4.69. The summed E-state index contributed by atoms with van der Waals surface area (Å²) in [5.41, 5.74) is 0.996. The van der Waals surface area contributed by atoms with Gasteiger partial charge in [-0.1, -0.05) is 20.8 Å². The van der Waals surface area contributed by atoms with Gasteiger partial charge in [-0.2, -0.15) is 0 Å². The molecule has 0 radical (unpaired) electrons. The van der Waals surface area contributed by atoms with Crippen LogP contribution in [0.1, 0.15) is 33.4 Å². The molecule has 1 aromatic heterocycles. The van der Waals surface area contributed by atoms with Gasteiger partial charge in [0.2, 0.25) is 0 Å². The first-order valence-corrected chi connectivity index (χ1v) is 6.43. The van der Waals surface area contributed by atoms with Crippen molar-refractivity contribution in [3.8, 4) is 0 Å². The van der Waals surface area contributed by atoms with Crippen LogP contribution in [0.5, 0.6) is 0 Å². The molecule has 1 N–H and O–H groups in total. The summed E-state index contributed by atoms with van der Waals surface area (Å²) in [5.74, 6) is 1.61. The first-order chi connectivity index (χ1) is 8.17. The Kier molecular flexibility index (Phi) is 5.91. The second-order valence-corrected chi connectivity index (χ2v) is 4.58. The van der Waals surface area contributed by atoms with E-state index >= 15 is 0 Å². The lowest BCUT2D eigenvalue weighted by molar-refractivity contribution is 0.612. The van der Waals surface area contributed by atoms with E-state index in [0.29, 0.717) is 5.92 Å². The highest BCUT2D eigenvalue weighted by Gasteiger charge is 2.08. The van der Waals surface area contributed by atoms with E-state index in [1.165, 1.54) is 0 Å². The molecule has 0 bridgehead atoms. The third-order valence-electron chi connectivity index (χ3n) is 2.54. The van der Waals surface area contributed by atoms with E-state index in [4.69, 9.17) is 0 Å². The maximum absolute atomic E-state index is 4.48. The molecule has 0 saturated heterocycles. The Morgan fingerprint density at radius 1 is 1.24 bits per heavy atom. The van der Waals surface area contributed by atoms with Gasteiger partial charge in [0.1, 0.15) is 5.82 Å². The molecule has 0 amide bonds. The molecule has 0 aliphatic heterocycles. The molecule has 0 spiro atoms. The average Bonchev–Trinajstić information content (AvgIpc) is 2.34. The van der Waals surface area contributed by atoms with E-state index in [-0.39, 0.29) is 0 Å². The lowest BCUT2D eigenvalue weighted by atomic mass is 10.2. The maximum atomic E-state index is 4.48. The van der Waals surface area contributed by atoms with Gasteiger partial charge in [-0.3, -0.25) is 4.98 Å². The molecule has 1 rings (SSSR count). The van der Waals surface area contributed by atoms with E-state index < -0.39 is 0 Å². The van der Waals surface area contributed by atoms with Crippen LogP contribution >= 0.6 is 0 Å². The Labute approximate surface area is 104 Å². The SMILES string of the molecule is CCNCc1cnc(N(CC)CC(C)C)cn1. The Bertz CT molecular complexity index is 308. The predicted molar refractivity (Wildman–Crippen MR) is 72.1 cm³/mol. The van der Waals surface area contributed by atoms with E-state index in [1.807, 2.05) is 12.4 Å². The number of hydrogen-bond donors (Lipinski definition) is 1. The van der Waals surface area contributed by atoms with Crippen molar-refractivity contribution in [1.29, 1.82) is 0 Å². The van der Waals surface area contributed by atoms with Crippen molar-refractivity contribution in [3.63, 3.8) is 0 Å².